The highest BCUT2D eigenvalue weighted by Crippen LogP contribution is 2.19. The van der Waals surface area contributed by atoms with Crippen molar-refractivity contribution in [3.05, 3.63) is 54.4 Å². The van der Waals surface area contributed by atoms with Crippen LogP contribution in [0.4, 0.5) is 5.95 Å². The van der Waals surface area contributed by atoms with E-state index in [2.05, 4.69) is 55.4 Å². The molecular formula is C20H27N5. The third-order valence-corrected chi connectivity index (χ3v) is 5.32. The van der Waals surface area contributed by atoms with Crippen molar-refractivity contribution < 1.29 is 0 Å². The average molecular weight is 337 g/mol. The van der Waals surface area contributed by atoms with E-state index in [0.29, 0.717) is 12.1 Å². The zero-order chi connectivity index (χ0) is 16.9. The van der Waals surface area contributed by atoms with E-state index in [1.54, 1.807) is 0 Å². The predicted molar refractivity (Wildman–Crippen MR) is 101 cm³/mol. The van der Waals surface area contributed by atoms with E-state index in [0.717, 1.165) is 32.1 Å². The third-order valence-electron chi connectivity index (χ3n) is 5.32. The molecule has 0 bridgehead atoms. The monoisotopic (exact) mass is 337 g/mol. The number of aromatic nitrogens is 2. The van der Waals surface area contributed by atoms with Gasteiger partial charge in [0.15, 0.2) is 0 Å². The molecule has 2 fully saturated rings. The minimum absolute atomic E-state index is 0.627. The summed E-state index contributed by atoms with van der Waals surface area (Å²) in [6, 6.07) is 13.9. The van der Waals surface area contributed by atoms with Crippen molar-refractivity contribution in [2.24, 2.45) is 0 Å². The maximum atomic E-state index is 4.37. The number of anilines is 1. The summed E-state index contributed by atoms with van der Waals surface area (Å²) in [5, 5.41) is 3.90. The van der Waals surface area contributed by atoms with Gasteiger partial charge in [0.1, 0.15) is 0 Å². The Kier molecular flexibility index (Phi) is 5.23. The molecule has 0 spiro atoms. The summed E-state index contributed by atoms with van der Waals surface area (Å²) in [7, 11) is 0. The van der Waals surface area contributed by atoms with Crippen LogP contribution in [0, 0.1) is 0 Å². The number of piperidine rings is 1. The summed E-state index contributed by atoms with van der Waals surface area (Å²) in [5.74, 6) is 0.871. The normalized spacial score (nSPS) is 22.4. The molecule has 5 heteroatoms. The van der Waals surface area contributed by atoms with Crippen molar-refractivity contribution in [2.75, 3.05) is 31.1 Å². The smallest absolute Gasteiger partial charge is 0.225 e. The highest BCUT2D eigenvalue weighted by Gasteiger charge is 2.27. The first kappa shape index (κ1) is 16.5. The van der Waals surface area contributed by atoms with Crippen molar-refractivity contribution in [3.63, 3.8) is 0 Å². The van der Waals surface area contributed by atoms with Crippen LogP contribution in [0.1, 0.15) is 24.8 Å². The van der Waals surface area contributed by atoms with Crippen molar-refractivity contribution >= 4 is 5.95 Å². The Morgan fingerprint density at radius 1 is 0.880 bits per heavy atom. The highest BCUT2D eigenvalue weighted by molar-refractivity contribution is 5.29. The van der Waals surface area contributed by atoms with E-state index in [4.69, 9.17) is 0 Å². The lowest BCUT2D eigenvalue weighted by Crippen LogP contribution is -2.47. The van der Waals surface area contributed by atoms with Crippen molar-refractivity contribution in [2.45, 2.75) is 37.9 Å². The number of nitrogens with one attached hydrogen (secondary N) is 1. The maximum Gasteiger partial charge on any atom is 0.225 e. The van der Waals surface area contributed by atoms with Crippen molar-refractivity contribution in [1.82, 2.24) is 20.2 Å². The Hall–Kier alpha value is -1.98. The van der Waals surface area contributed by atoms with Crippen LogP contribution in [0.15, 0.2) is 48.8 Å². The quantitative estimate of drug-likeness (QED) is 0.907. The lowest BCUT2D eigenvalue weighted by molar-refractivity contribution is 0.306. The molecule has 0 aliphatic carbocycles. The largest absolute Gasteiger partial charge is 0.341 e. The summed E-state index contributed by atoms with van der Waals surface area (Å²) < 4.78 is 0. The van der Waals surface area contributed by atoms with Crippen LogP contribution in [0.3, 0.4) is 0 Å². The molecule has 2 aromatic rings. The Morgan fingerprint density at radius 3 is 2.36 bits per heavy atom. The molecule has 0 amide bonds. The van der Waals surface area contributed by atoms with Crippen LogP contribution in [0.5, 0.6) is 0 Å². The van der Waals surface area contributed by atoms with Crippen LogP contribution < -0.4 is 10.2 Å². The van der Waals surface area contributed by atoms with E-state index < -0.39 is 0 Å². The molecule has 1 N–H and O–H groups in total. The molecular weight excluding hydrogens is 310 g/mol. The van der Waals surface area contributed by atoms with Crippen LogP contribution in [0.2, 0.25) is 0 Å². The topological polar surface area (TPSA) is 44.3 Å². The number of hydrogen-bond donors (Lipinski definition) is 1. The summed E-state index contributed by atoms with van der Waals surface area (Å²) in [6.45, 7) is 5.52. The molecule has 1 atom stereocenters. The first-order chi connectivity index (χ1) is 12.4. The minimum Gasteiger partial charge on any atom is -0.341 e. The molecule has 0 radical (unpaired) electrons. The van der Waals surface area contributed by atoms with E-state index in [9.17, 15) is 0 Å². The second-order valence-corrected chi connectivity index (χ2v) is 7.18. The lowest BCUT2D eigenvalue weighted by atomic mass is 10.0. The number of rotatable bonds is 5. The zero-order valence-corrected chi connectivity index (χ0v) is 14.7. The highest BCUT2D eigenvalue weighted by atomic mass is 15.3. The van der Waals surface area contributed by atoms with Gasteiger partial charge in [-0.25, -0.2) is 9.97 Å². The van der Waals surface area contributed by atoms with E-state index >= 15 is 0 Å². The van der Waals surface area contributed by atoms with Gasteiger partial charge in [0, 0.05) is 57.2 Å². The predicted octanol–water partition coefficient (Wildman–Crippen LogP) is 2.31. The van der Waals surface area contributed by atoms with Gasteiger partial charge in [-0.3, -0.25) is 4.90 Å². The van der Waals surface area contributed by atoms with Crippen LogP contribution >= 0.6 is 0 Å². The SMILES string of the molecule is c1ccc(CN2CC[C@H](NC3CCN(c4ncccn4)CC3)C2)cc1. The van der Waals surface area contributed by atoms with E-state index in [1.165, 1.54) is 31.4 Å². The zero-order valence-electron chi connectivity index (χ0n) is 14.7. The van der Waals surface area contributed by atoms with Gasteiger partial charge in [0.05, 0.1) is 0 Å². The fourth-order valence-corrected chi connectivity index (χ4v) is 3.99. The minimum atomic E-state index is 0.627. The maximum absolute atomic E-state index is 4.37. The van der Waals surface area contributed by atoms with Gasteiger partial charge in [-0.15, -0.1) is 0 Å². The molecule has 0 saturated carbocycles. The van der Waals surface area contributed by atoms with Gasteiger partial charge >= 0.3 is 0 Å². The molecule has 2 aliphatic rings. The summed E-state index contributed by atoms with van der Waals surface area (Å²) in [4.78, 5) is 13.6. The standard InChI is InChI=1S/C20H27N5/c1-2-5-17(6-3-1)15-24-12-7-19(16-24)23-18-8-13-25(14-9-18)20-21-10-4-11-22-20/h1-6,10-11,18-19,23H,7-9,12-16H2/t19-/m0/s1. The van der Waals surface area contributed by atoms with Gasteiger partial charge < -0.3 is 10.2 Å². The van der Waals surface area contributed by atoms with Crippen molar-refractivity contribution in [3.8, 4) is 0 Å². The molecule has 25 heavy (non-hydrogen) atoms. The Labute approximate surface area is 150 Å². The Morgan fingerprint density at radius 2 is 1.60 bits per heavy atom. The van der Waals surface area contributed by atoms with Gasteiger partial charge in [0.2, 0.25) is 5.95 Å². The second-order valence-electron chi connectivity index (χ2n) is 7.18. The van der Waals surface area contributed by atoms with Gasteiger partial charge in [0.25, 0.3) is 0 Å². The summed E-state index contributed by atoms with van der Waals surface area (Å²) in [6.07, 6.45) is 7.26. The third kappa shape index (κ3) is 4.35. The molecule has 2 saturated heterocycles. The molecule has 3 heterocycles. The second kappa shape index (κ2) is 7.93. The van der Waals surface area contributed by atoms with Gasteiger partial charge in [-0.2, -0.15) is 0 Å². The summed E-state index contributed by atoms with van der Waals surface area (Å²) in [5.41, 5.74) is 1.42. The van der Waals surface area contributed by atoms with Crippen molar-refractivity contribution in [1.29, 1.82) is 0 Å². The molecule has 5 nitrogen and oxygen atoms in total. The first-order valence-corrected chi connectivity index (χ1v) is 9.41. The molecule has 132 valence electrons. The van der Waals surface area contributed by atoms with Crippen LogP contribution in [-0.2, 0) is 6.54 Å². The fourth-order valence-electron chi connectivity index (χ4n) is 3.99. The van der Waals surface area contributed by atoms with E-state index in [1.807, 2.05) is 18.5 Å². The molecule has 4 rings (SSSR count). The summed E-state index contributed by atoms with van der Waals surface area (Å²) >= 11 is 0. The molecule has 0 unspecified atom stereocenters. The number of benzene rings is 1. The van der Waals surface area contributed by atoms with Gasteiger partial charge in [-0.1, -0.05) is 30.3 Å². The molecule has 1 aromatic heterocycles. The number of nitrogens with zero attached hydrogens (tertiary/aromatic N) is 4. The fraction of sp³-hybridized carbons (Fsp3) is 0.500. The van der Waals surface area contributed by atoms with Gasteiger partial charge in [-0.05, 0) is 30.9 Å². The lowest BCUT2D eigenvalue weighted by Gasteiger charge is -2.33. The van der Waals surface area contributed by atoms with Crippen LogP contribution in [0.25, 0.3) is 0 Å². The average Bonchev–Trinajstić information content (AvgIpc) is 3.11. The number of likely N-dealkylation sites (tertiary alicyclic amines) is 1. The van der Waals surface area contributed by atoms with Crippen LogP contribution in [-0.4, -0.2) is 53.1 Å². The molecule has 2 aliphatic heterocycles. The Balaban J connectivity index is 1.22. The Bertz CT molecular complexity index is 640. The number of hydrogen-bond acceptors (Lipinski definition) is 5. The first-order valence-electron chi connectivity index (χ1n) is 9.41. The molecule has 1 aromatic carbocycles. The van der Waals surface area contributed by atoms with E-state index in [-0.39, 0.29) is 0 Å².